The van der Waals surface area contributed by atoms with Crippen LogP contribution in [0.1, 0.15) is 35.4 Å². The number of furan rings is 1. The van der Waals surface area contributed by atoms with Crippen LogP contribution < -0.4 is 5.32 Å². The number of aromatic nitrogens is 1. The molecule has 0 saturated carbocycles. The summed E-state index contributed by atoms with van der Waals surface area (Å²) < 4.78 is 8.29. The average Bonchev–Trinajstić information content (AvgIpc) is 2.93. The van der Waals surface area contributed by atoms with Crippen LogP contribution in [-0.4, -0.2) is 10.5 Å². The highest BCUT2D eigenvalue weighted by atomic mass is 79.9. The van der Waals surface area contributed by atoms with E-state index in [1.807, 2.05) is 35.9 Å². The van der Waals surface area contributed by atoms with Crippen molar-refractivity contribution >= 4 is 21.8 Å². The minimum absolute atomic E-state index is 0.0896. The van der Waals surface area contributed by atoms with Gasteiger partial charge in [-0.3, -0.25) is 4.79 Å². The molecule has 5 heteroatoms. The predicted molar refractivity (Wildman–Crippen MR) is 77.0 cm³/mol. The lowest BCUT2D eigenvalue weighted by molar-refractivity contribution is 0.0938. The summed E-state index contributed by atoms with van der Waals surface area (Å²) in [6.45, 7) is 5.20. The molecule has 0 bridgehead atoms. The van der Waals surface area contributed by atoms with E-state index in [0.717, 1.165) is 29.0 Å². The number of nitrogens with zero attached hydrogens (tertiary/aromatic N) is 1. The van der Waals surface area contributed by atoms with Gasteiger partial charge in [-0.25, -0.2) is 0 Å². The van der Waals surface area contributed by atoms with Crippen LogP contribution in [0.3, 0.4) is 0 Å². The van der Waals surface area contributed by atoms with Gasteiger partial charge in [-0.05, 0) is 47.5 Å². The normalized spacial score (nSPS) is 10.7. The molecule has 102 valence electrons. The molecule has 0 radical (unpaired) electrons. The van der Waals surface area contributed by atoms with Crippen molar-refractivity contribution in [1.82, 2.24) is 9.88 Å². The topological polar surface area (TPSA) is 47.2 Å². The zero-order valence-corrected chi connectivity index (χ0v) is 12.7. The Morgan fingerprint density at radius 1 is 1.47 bits per heavy atom. The summed E-state index contributed by atoms with van der Waals surface area (Å²) in [7, 11) is 0. The Hall–Kier alpha value is -1.49. The minimum Gasteiger partial charge on any atom is -0.465 e. The molecular formula is C14H17BrN2O2. The van der Waals surface area contributed by atoms with Crippen molar-refractivity contribution in [2.24, 2.45) is 0 Å². The van der Waals surface area contributed by atoms with E-state index < -0.39 is 0 Å². The molecule has 2 aromatic rings. The number of aryl methyl sites for hydroxylation is 2. The number of hydrogen-bond donors (Lipinski definition) is 1. The lowest BCUT2D eigenvalue weighted by Crippen LogP contribution is -2.25. The van der Waals surface area contributed by atoms with Crippen LogP contribution in [0.15, 0.2) is 33.3 Å². The van der Waals surface area contributed by atoms with Crippen molar-refractivity contribution in [2.75, 3.05) is 0 Å². The van der Waals surface area contributed by atoms with Crippen LogP contribution in [0.4, 0.5) is 0 Å². The highest BCUT2D eigenvalue weighted by Gasteiger charge is 2.12. The second kappa shape index (κ2) is 6.10. The van der Waals surface area contributed by atoms with E-state index in [1.54, 1.807) is 0 Å². The molecule has 0 fully saturated rings. The maximum absolute atomic E-state index is 12.1. The van der Waals surface area contributed by atoms with Gasteiger partial charge in [-0.2, -0.15) is 0 Å². The number of carbonyl (C=O) groups is 1. The maximum Gasteiger partial charge on any atom is 0.268 e. The zero-order valence-electron chi connectivity index (χ0n) is 11.1. The fourth-order valence-electron chi connectivity index (χ4n) is 1.93. The quantitative estimate of drug-likeness (QED) is 0.915. The summed E-state index contributed by atoms with van der Waals surface area (Å²) in [4.78, 5) is 12.1. The summed E-state index contributed by atoms with van der Waals surface area (Å²) in [5.74, 6) is 1.52. The molecule has 0 unspecified atom stereocenters. The lowest BCUT2D eigenvalue weighted by atomic mass is 10.3. The Bertz CT molecular complexity index is 572. The van der Waals surface area contributed by atoms with Crippen molar-refractivity contribution in [1.29, 1.82) is 0 Å². The first-order chi connectivity index (χ1) is 9.10. The second-order valence-corrected chi connectivity index (χ2v) is 5.35. The molecule has 0 aliphatic carbocycles. The molecule has 0 atom stereocenters. The van der Waals surface area contributed by atoms with E-state index in [-0.39, 0.29) is 5.91 Å². The number of rotatable bonds is 5. The number of halogens is 1. The summed E-state index contributed by atoms with van der Waals surface area (Å²) in [6.07, 6.45) is 2.91. The first-order valence-electron chi connectivity index (χ1n) is 6.29. The third-order valence-electron chi connectivity index (χ3n) is 2.78. The van der Waals surface area contributed by atoms with Crippen molar-refractivity contribution < 1.29 is 9.21 Å². The van der Waals surface area contributed by atoms with Gasteiger partial charge in [0.1, 0.15) is 17.2 Å². The van der Waals surface area contributed by atoms with Crippen LogP contribution in [0, 0.1) is 6.92 Å². The third kappa shape index (κ3) is 3.50. The number of nitrogens with one attached hydrogen (secondary N) is 1. The van der Waals surface area contributed by atoms with Gasteiger partial charge in [0.2, 0.25) is 0 Å². The molecule has 0 spiro atoms. The van der Waals surface area contributed by atoms with E-state index in [2.05, 4.69) is 28.2 Å². The van der Waals surface area contributed by atoms with E-state index >= 15 is 0 Å². The van der Waals surface area contributed by atoms with Crippen LogP contribution in [-0.2, 0) is 13.1 Å². The molecule has 0 aliphatic rings. The SMILES string of the molecule is CCCn1cc(Br)cc1C(=O)NCc1ccc(C)o1. The zero-order chi connectivity index (χ0) is 13.8. The Balaban J connectivity index is 2.03. The van der Waals surface area contributed by atoms with Gasteiger partial charge >= 0.3 is 0 Å². The van der Waals surface area contributed by atoms with E-state index in [9.17, 15) is 4.79 Å². The smallest absolute Gasteiger partial charge is 0.268 e. The van der Waals surface area contributed by atoms with Gasteiger partial charge in [0.25, 0.3) is 5.91 Å². The van der Waals surface area contributed by atoms with Crippen molar-refractivity contribution in [3.8, 4) is 0 Å². The first kappa shape index (κ1) is 13.9. The van der Waals surface area contributed by atoms with E-state index in [1.165, 1.54) is 0 Å². The number of amides is 1. The van der Waals surface area contributed by atoms with Crippen LogP contribution in [0.25, 0.3) is 0 Å². The van der Waals surface area contributed by atoms with E-state index in [4.69, 9.17) is 4.42 Å². The molecule has 19 heavy (non-hydrogen) atoms. The van der Waals surface area contributed by atoms with Crippen molar-refractivity contribution in [3.63, 3.8) is 0 Å². The highest BCUT2D eigenvalue weighted by Crippen LogP contribution is 2.16. The molecular weight excluding hydrogens is 308 g/mol. The Morgan fingerprint density at radius 3 is 2.89 bits per heavy atom. The maximum atomic E-state index is 12.1. The fourth-order valence-corrected chi connectivity index (χ4v) is 2.39. The summed E-state index contributed by atoms with van der Waals surface area (Å²) in [5, 5.41) is 2.87. The van der Waals surface area contributed by atoms with Gasteiger partial charge in [0.15, 0.2) is 0 Å². The first-order valence-corrected chi connectivity index (χ1v) is 7.08. The van der Waals surface area contributed by atoms with Gasteiger partial charge in [-0.15, -0.1) is 0 Å². The monoisotopic (exact) mass is 324 g/mol. The Morgan fingerprint density at radius 2 is 2.26 bits per heavy atom. The molecule has 2 rings (SSSR count). The van der Waals surface area contributed by atoms with Gasteiger partial charge in [0.05, 0.1) is 6.54 Å². The number of carbonyl (C=O) groups excluding carboxylic acids is 1. The molecule has 1 amide bonds. The lowest BCUT2D eigenvalue weighted by Gasteiger charge is -2.07. The summed E-state index contributed by atoms with van der Waals surface area (Å²) in [6, 6.07) is 5.59. The van der Waals surface area contributed by atoms with Gasteiger partial charge in [-0.1, -0.05) is 6.92 Å². The highest BCUT2D eigenvalue weighted by molar-refractivity contribution is 9.10. The van der Waals surface area contributed by atoms with Gasteiger partial charge in [0, 0.05) is 17.2 Å². The van der Waals surface area contributed by atoms with Crippen molar-refractivity contribution in [2.45, 2.75) is 33.4 Å². The van der Waals surface area contributed by atoms with Crippen LogP contribution >= 0.6 is 15.9 Å². The Labute approximate surface area is 120 Å². The molecule has 0 saturated heterocycles. The minimum atomic E-state index is -0.0896. The van der Waals surface area contributed by atoms with Gasteiger partial charge < -0.3 is 14.3 Å². The molecule has 4 nitrogen and oxygen atoms in total. The second-order valence-electron chi connectivity index (χ2n) is 4.43. The molecule has 1 N–H and O–H groups in total. The fraction of sp³-hybridized carbons (Fsp3) is 0.357. The number of hydrogen-bond acceptors (Lipinski definition) is 2. The summed E-state index contributed by atoms with van der Waals surface area (Å²) >= 11 is 3.40. The Kier molecular flexibility index (Phi) is 4.47. The largest absolute Gasteiger partial charge is 0.465 e. The van der Waals surface area contributed by atoms with E-state index in [0.29, 0.717) is 12.2 Å². The van der Waals surface area contributed by atoms with Crippen LogP contribution in [0.5, 0.6) is 0 Å². The average molecular weight is 325 g/mol. The molecule has 0 aliphatic heterocycles. The molecule has 0 aromatic carbocycles. The van der Waals surface area contributed by atoms with Crippen LogP contribution in [0.2, 0.25) is 0 Å². The summed E-state index contributed by atoms with van der Waals surface area (Å²) in [5.41, 5.74) is 0.664. The molecule has 2 aromatic heterocycles. The predicted octanol–water partition coefficient (Wildman–Crippen LogP) is 3.49. The standard InChI is InChI=1S/C14H17BrN2O2/c1-3-6-17-9-11(15)7-13(17)14(18)16-8-12-5-4-10(2)19-12/h4-5,7,9H,3,6,8H2,1-2H3,(H,16,18). The third-order valence-corrected chi connectivity index (χ3v) is 3.21. The molecule has 2 heterocycles. The van der Waals surface area contributed by atoms with Crippen molar-refractivity contribution in [3.05, 3.63) is 46.1 Å².